The van der Waals surface area contributed by atoms with Crippen molar-refractivity contribution in [3.05, 3.63) is 93.6 Å². The molecule has 4 aliphatic rings. The molecule has 3 aromatic rings. The molecule has 43 heavy (non-hydrogen) atoms. The lowest BCUT2D eigenvalue weighted by Crippen LogP contribution is -2.48. The first kappa shape index (κ1) is 28.0. The van der Waals surface area contributed by atoms with Crippen LogP contribution in [0.2, 0.25) is 10.0 Å². The van der Waals surface area contributed by atoms with E-state index < -0.39 is 52.6 Å². The number of aliphatic hydroxyl groups is 1. The van der Waals surface area contributed by atoms with Crippen LogP contribution >= 0.6 is 23.2 Å². The van der Waals surface area contributed by atoms with Crippen molar-refractivity contribution in [3.63, 3.8) is 0 Å². The molecule has 0 spiro atoms. The van der Waals surface area contributed by atoms with E-state index in [1.807, 2.05) is 6.08 Å². The highest BCUT2D eigenvalue weighted by Crippen LogP contribution is 2.63. The van der Waals surface area contributed by atoms with Gasteiger partial charge in [-0.25, -0.2) is 9.29 Å². The Labute approximate surface area is 255 Å². The lowest BCUT2D eigenvalue weighted by molar-refractivity contribution is -0.131. The molecule has 1 aromatic heterocycles. The second-order valence-corrected chi connectivity index (χ2v) is 12.6. The van der Waals surface area contributed by atoms with Gasteiger partial charge in [0.05, 0.1) is 45.5 Å². The topological polar surface area (TPSA) is 108 Å². The zero-order chi connectivity index (χ0) is 30.4. The summed E-state index contributed by atoms with van der Waals surface area (Å²) in [5, 5.41) is 9.97. The summed E-state index contributed by atoms with van der Waals surface area (Å²) in [6.07, 6.45) is 2.33. The Morgan fingerprint density at radius 3 is 2.33 bits per heavy atom. The molecule has 0 unspecified atom stereocenters. The average Bonchev–Trinajstić information content (AvgIpc) is 3.62. The van der Waals surface area contributed by atoms with Crippen molar-refractivity contribution in [1.82, 2.24) is 0 Å². The second-order valence-electron chi connectivity index (χ2n) is 11.7. The Morgan fingerprint density at radius 2 is 1.65 bits per heavy atom. The molecule has 3 fully saturated rings. The smallest absolute Gasteiger partial charge is 0.241 e. The normalized spacial score (nSPS) is 30.0. The highest BCUT2D eigenvalue weighted by atomic mass is 35.5. The third-order valence-electron chi connectivity index (χ3n) is 9.64. The molecule has 2 saturated heterocycles. The maximum atomic E-state index is 14.3. The second kappa shape index (κ2) is 9.87. The monoisotopic (exact) mass is 622 g/mol. The number of nitrogens with zero attached hydrogens (tertiary/aromatic N) is 2. The van der Waals surface area contributed by atoms with E-state index in [4.69, 9.17) is 27.6 Å². The van der Waals surface area contributed by atoms with E-state index in [9.17, 15) is 28.7 Å². The van der Waals surface area contributed by atoms with Crippen molar-refractivity contribution in [1.29, 1.82) is 0 Å². The number of aliphatic hydroxyl groups excluding tert-OH is 1. The van der Waals surface area contributed by atoms with Crippen molar-refractivity contribution in [2.24, 2.45) is 29.1 Å². The molecule has 2 aliphatic heterocycles. The number of rotatable bonds is 4. The molecule has 7 rings (SSSR count). The van der Waals surface area contributed by atoms with Crippen molar-refractivity contribution < 1.29 is 33.1 Å². The molecule has 0 radical (unpaired) electrons. The fraction of sp³-hybridized carbons (Fsp3) is 0.312. The van der Waals surface area contributed by atoms with Crippen LogP contribution in [0.15, 0.2) is 70.7 Å². The van der Waals surface area contributed by atoms with E-state index >= 15 is 0 Å². The van der Waals surface area contributed by atoms with Crippen LogP contribution in [0.25, 0.3) is 0 Å². The number of imide groups is 2. The number of carbonyl (C=O) groups is 4. The average molecular weight is 623 g/mol. The molecule has 3 heterocycles. The summed E-state index contributed by atoms with van der Waals surface area (Å²) in [7, 11) is 0. The highest BCUT2D eigenvalue weighted by Gasteiger charge is 2.68. The molecule has 220 valence electrons. The van der Waals surface area contributed by atoms with Crippen molar-refractivity contribution in [3.8, 4) is 0 Å². The van der Waals surface area contributed by atoms with Crippen LogP contribution in [-0.2, 0) is 25.8 Å². The fourth-order valence-electron chi connectivity index (χ4n) is 7.67. The standard InChI is InChI=1S/C32H25Cl2FN2O6/c1-32-22(29(40)37(31(32)42)17-6-10-24(35)23(34)12-17)13-21-19(27(32)25-11-7-18(14-38)43-25)8-9-20-26(21)30(41)36(28(20)39)16-4-2-15(33)3-5-16/h2-8,10-12,20-22,26-27,38H,9,13-14H2,1H3/t20-,21+,22-,26-,27+,32+/m0/s1. The number of hydrogen-bond acceptors (Lipinski definition) is 6. The zero-order valence-electron chi connectivity index (χ0n) is 22.8. The van der Waals surface area contributed by atoms with Crippen molar-refractivity contribution in [2.75, 3.05) is 9.80 Å². The van der Waals surface area contributed by atoms with Gasteiger partial charge in [0, 0.05) is 5.02 Å². The van der Waals surface area contributed by atoms with Gasteiger partial charge >= 0.3 is 0 Å². The molecule has 2 aromatic carbocycles. The Hall–Kier alpha value is -3.79. The first-order valence-corrected chi connectivity index (χ1v) is 14.7. The van der Waals surface area contributed by atoms with Gasteiger partial charge in [0.2, 0.25) is 23.6 Å². The first-order valence-electron chi connectivity index (χ1n) is 13.9. The predicted octanol–water partition coefficient (Wildman–Crippen LogP) is 5.65. The van der Waals surface area contributed by atoms with Gasteiger partial charge in [-0.2, -0.15) is 0 Å². The van der Waals surface area contributed by atoms with Gasteiger partial charge in [-0.15, -0.1) is 0 Å². The van der Waals surface area contributed by atoms with Gasteiger partial charge in [-0.1, -0.05) is 34.9 Å². The number of benzene rings is 2. The minimum Gasteiger partial charge on any atom is -0.463 e. The number of halogens is 3. The molecule has 4 amide bonds. The van der Waals surface area contributed by atoms with E-state index in [-0.39, 0.29) is 47.7 Å². The molecule has 6 atom stereocenters. The predicted molar refractivity (Wildman–Crippen MR) is 155 cm³/mol. The molecule has 8 nitrogen and oxygen atoms in total. The molecular formula is C32H25Cl2FN2O6. The van der Waals surface area contributed by atoms with Crippen LogP contribution in [0.5, 0.6) is 0 Å². The van der Waals surface area contributed by atoms with Crippen molar-refractivity contribution >= 4 is 58.2 Å². The number of carbonyl (C=O) groups excluding carboxylic acids is 4. The van der Waals surface area contributed by atoms with Crippen LogP contribution in [0.4, 0.5) is 15.8 Å². The summed E-state index contributed by atoms with van der Waals surface area (Å²) in [6.45, 7) is 1.34. The van der Waals surface area contributed by atoms with E-state index in [0.717, 1.165) is 16.5 Å². The summed E-state index contributed by atoms with van der Waals surface area (Å²) in [5.74, 6) is -5.29. The fourth-order valence-corrected chi connectivity index (χ4v) is 7.97. The zero-order valence-corrected chi connectivity index (χ0v) is 24.3. The molecule has 0 bridgehead atoms. The minimum atomic E-state index is -1.33. The summed E-state index contributed by atoms with van der Waals surface area (Å²) >= 11 is 12.1. The van der Waals surface area contributed by atoms with Crippen LogP contribution < -0.4 is 9.80 Å². The summed E-state index contributed by atoms with van der Waals surface area (Å²) in [4.78, 5) is 58.3. The molecule has 2 aliphatic carbocycles. The van der Waals surface area contributed by atoms with E-state index in [1.54, 1.807) is 43.3 Å². The van der Waals surface area contributed by atoms with E-state index in [2.05, 4.69) is 0 Å². The maximum absolute atomic E-state index is 14.3. The maximum Gasteiger partial charge on any atom is 0.241 e. The summed E-state index contributed by atoms with van der Waals surface area (Å²) in [5.41, 5.74) is -0.0305. The molecular weight excluding hydrogens is 598 g/mol. The Bertz CT molecular complexity index is 1750. The SMILES string of the molecule is C[C@@]12C(=O)N(c3ccc(F)c(Cl)c3)C(=O)[C@@H]1C[C@@H]1C(=CC[C@@H]3C(=O)N(c4ccc(Cl)cc4)C(=O)[C@@H]31)[C@@H]2c1ccc(CO)o1. The largest absolute Gasteiger partial charge is 0.463 e. The van der Waals surface area contributed by atoms with Gasteiger partial charge in [0.15, 0.2) is 0 Å². The van der Waals surface area contributed by atoms with Gasteiger partial charge in [-0.05, 0) is 80.3 Å². The van der Waals surface area contributed by atoms with Crippen LogP contribution in [-0.4, -0.2) is 28.7 Å². The lowest BCUT2D eigenvalue weighted by Gasteiger charge is -2.48. The number of amides is 4. The van der Waals surface area contributed by atoms with Crippen LogP contribution in [0.3, 0.4) is 0 Å². The Morgan fingerprint density at radius 1 is 0.930 bits per heavy atom. The van der Waals surface area contributed by atoms with Crippen molar-refractivity contribution in [2.45, 2.75) is 32.3 Å². The minimum absolute atomic E-state index is 0.141. The van der Waals surface area contributed by atoms with E-state index in [0.29, 0.717) is 16.5 Å². The third kappa shape index (κ3) is 3.91. The van der Waals surface area contributed by atoms with E-state index in [1.165, 1.54) is 17.0 Å². The Kier molecular flexibility index (Phi) is 6.43. The molecule has 1 N–H and O–H groups in total. The number of allylic oxidation sites excluding steroid dienone is 2. The van der Waals surface area contributed by atoms with Gasteiger partial charge in [0.1, 0.15) is 23.9 Å². The summed E-state index contributed by atoms with van der Waals surface area (Å²) < 4.78 is 20.0. The van der Waals surface area contributed by atoms with Crippen LogP contribution in [0.1, 0.15) is 37.2 Å². The highest BCUT2D eigenvalue weighted by molar-refractivity contribution is 6.32. The van der Waals surface area contributed by atoms with Crippen LogP contribution in [0, 0.1) is 34.9 Å². The number of anilines is 2. The quantitative estimate of drug-likeness (QED) is 0.297. The molecule has 11 heteroatoms. The van der Waals surface area contributed by atoms with Gasteiger partial charge in [0.25, 0.3) is 0 Å². The lowest BCUT2D eigenvalue weighted by atomic mass is 9.52. The first-order chi connectivity index (χ1) is 20.6. The number of hydrogen-bond donors (Lipinski definition) is 1. The Balaban J connectivity index is 1.35. The number of furan rings is 1. The summed E-state index contributed by atoms with van der Waals surface area (Å²) in [6, 6.07) is 13.4. The third-order valence-corrected chi connectivity index (χ3v) is 10.2. The van der Waals surface area contributed by atoms with Gasteiger partial charge < -0.3 is 9.52 Å². The van der Waals surface area contributed by atoms with Gasteiger partial charge in [-0.3, -0.25) is 24.1 Å². The molecule has 1 saturated carbocycles. The number of fused-ring (bicyclic) bond motifs is 4.